The predicted octanol–water partition coefficient (Wildman–Crippen LogP) is 3.14. The molecular weight excluding hydrogens is 380 g/mol. The molecule has 0 fully saturated rings. The molecule has 3 aromatic rings. The lowest BCUT2D eigenvalue weighted by molar-refractivity contribution is -0.119. The summed E-state index contributed by atoms with van der Waals surface area (Å²) in [6.07, 6.45) is 0.198. The lowest BCUT2D eigenvalue weighted by Crippen LogP contribution is -2.25. The molecule has 0 atom stereocenters. The number of aromatic nitrogens is 4. The van der Waals surface area contributed by atoms with E-state index in [1.807, 2.05) is 39.0 Å². The number of carbonyl (C=O) groups excluding carboxylic acids is 2. The first-order chi connectivity index (χ1) is 13.1. The van der Waals surface area contributed by atoms with Crippen LogP contribution in [0.25, 0.3) is 17.0 Å². The number of carbonyl (C=O) groups is 2. The van der Waals surface area contributed by atoms with Gasteiger partial charge >= 0.3 is 0 Å². The number of fused-ring (bicyclic) bond motifs is 1. The average Bonchev–Trinajstić information content (AvgIpc) is 3.14. The van der Waals surface area contributed by atoms with Gasteiger partial charge < -0.3 is 15.6 Å². The van der Waals surface area contributed by atoms with Crippen LogP contribution < -0.4 is 10.6 Å². The molecule has 0 bridgehead atoms. The van der Waals surface area contributed by atoms with Crippen LogP contribution in [0.2, 0.25) is 5.02 Å². The molecule has 0 saturated heterocycles. The van der Waals surface area contributed by atoms with Crippen molar-refractivity contribution < 1.29 is 9.59 Å². The van der Waals surface area contributed by atoms with Crippen molar-refractivity contribution in [3.8, 4) is 11.4 Å². The third kappa shape index (κ3) is 4.33. The Hall–Kier alpha value is -2.87. The molecule has 3 N–H and O–H groups in total. The molecule has 2 aromatic heterocycles. The monoisotopic (exact) mass is 402 g/mol. The quantitative estimate of drug-likeness (QED) is 0.609. The van der Waals surface area contributed by atoms with Crippen molar-refractivity contribution in [2.24, 2.45) is 0 Å². The number of aromatic amines is 1. The normalized spacial score (nSPS) is 11.6. The van der Waals surface area contributed by atoms with Gasteiger partial charge in [-0.05, 0) is 12.1 Å². The van der Waals surface area contributed by atoms with Crippen molar-refractivity contribution in [2.45, 2.75) is 39.5 Å². The van der Waals surface area contributed by atoms with Gasteiger partial charge in [-0.15, -0.1) is 9.73 Å². The smallest absolute Gasteiger partial charge is 0.226 e. The Balaban J connectivity index is 1.78. The number of halogens is 1. The van der Waals surface area contributed by atoms with Crippen molar-refractivity contribution in [1.82, 2.24) is 25.1 Å². The van der Waals surface area contributed by atoms with Crippen LogP contribution in [0, 0.1) is 0 Å². The summed E-state index contributed by atoms with van der Waals surface area (Å²) in [5.74, 6) is 0.253. The first-order valence-corrected chi connectivity index (χ1v) is 9.32. The summed E-state index contributed by atoms with van der Waals surface area (Å²) in [4.78, 5) is 26.1. The van der Waals surface area contributed by atoms with E-state index >= 15 is 0 Å². The van der Waals surface area contributed by atoms with Crippen LogP contribution in [0.15, 0.2) is 24.3 Å². The highest BCUT2D eigenvalue weighted by Gasteiger charge is 2.25. The fourth-order valence-corrected chi connectivity index (χ4v) is 3.17. The number of hydrogen-bond donors (Lipinski definition) is 3. The van der Waals surface area contributed by atoms with Crippen molar-refractivity contribution in [3.63, 3.8) is 0 Å². The largest absolute Gasteiger partial charge is 0.356 e. The Labute approximate surface area is 167 Å². The van der Waals surface area contributed by atoms with Gasteiger partial charge in [0.15, 0.2) is 11.5 Å². The van der Waals surface area contributed by atoms with E-state index < -0.39 is 0 Å². The first-order valence-electron chi connectivity index (χ1n) is 8.95. The van der Waals surface area contributed by atoms with E-state index in [0.29, 0.717) is 28.7 Å². The summed E-state index contributed by atoms with van der Waals surface area (Å²) in [6, 6.07) is 7.31. The van der Waals surface area contributed by atoms with Crippen LogP contribution in [0.1, 0.15) is 39.8 Å². The Kier molecular flexibility index (Phi) is 5.42. The molecule has 3 rings (SSSR count). The second-order valence-electron chi connectivity index (χ2n) is 7.59. The maximum absolute atomic E-state index is 12.0. The summed E-state index contributed by atoms with van der Waals surface area (Å²) in [5.41, 5.74) is 2.65. The minimum atomic E-state index is -0.187. The molecule has 2 amide bonds. The van der Waals surface area contributed by atoms with E-state index in [4.69, 9.17) is 11.6 Å². The molecule has 1 aromatic carbocycles. The molecule has 2 heterocycles. The number of amides is 2. The maximum atomic E-state index is 12.0. The maximum Gasteiger partial charge on any atom is 0.226 e. The van der Waals surface area contributed by atoms with Gasteiger partial charge in [0.05, 0.1) is 5.69 Å². The number of nitrogens with one attached hydrogen (secondary N) is 3. The highest BCUT2D eigenvalue weighted by atomic mass is 35.5. The van der Waals surface area contributed by atoms with Gasteiger partial charge in [0.25, 0.3) is 0 Å². The van der Waals surface area contributed by atoms with E-state index in [1.165, 1.54) is 11.6 Å². The molecule has 0 aliphatic carbocycles. The minimum Gasteiger partial charge on any atom is -0.356 e. The van der Waals surface area contributed by atoms with Gasteiger partial charge in [0.1, 0.15) is 5.02 Å². The molecule has 0 radical (unpaired) electrons. The Morgan fingerprint density at radius 1 is 1.25 bits per heavy atom. The SMILES string of the molecule is CC(=O)NCCC(=O)Nc1cccc(-c2nn3nc(C(C)(C)C)c(Cl)c3[nH]2)c1. The van der Waals surface area contributed by atoms with Crippen LogP contribution >= 0.6 is 11.6 Å². The topological polar surface area (TPSA) is 104 Å². The number of rotatable bonds is 5. The van der Waals surface area contributed by atoms with E-state index in [0.717, 1.165) is 11.3 Å². The molecule has 148 valence electrons. The first kappa shape index (κ1) is 19.9. The zero-order chi connectivity index (χ0) is 20.5. The lowest BCUT2D eigenvalue weighted by atomic mass is 9.92. The number of nitrogens with zero attached hydrogens (tertiary/aromatic N) is 3. The van der Waals surface area contributed by atoms with Crippen molar-refractivity contribution >= 4 is 34.7 Å². The van der Waals surface area contributed by atoms with Gasteiger partial charge in [-0.3, -0.25) is 9.59 Å². The van der Waals surface area contributed by atoms with E-state index in [2.05, 4.69) is 25.8 Å². The summed E-state index contributed by atoms with van der Waals surface area (Å²) in [5, 5.41) is 14.9. The Morgan fingerprint density at radius 3 is 2.64 bits per heavy atom. The number of anilines is 1. The van der Waals surface area contributed by atoms with Gasteiger partial charge in [0, 0.05) is 36.6 Å². The summed E-state index contributed by atoms with van der Waals surface area (Å²) in [7, 11) is 0. The summed E-state index contributed by atoms with van der Waals surface area (Å²) >= 11 is 6.47. The van der Waals surface area contributed by atoms with Crippen molar-refractivity contribution in [1.29, 1.82) is 0 Å². The third-order valence-corrected chi connectivity index (χ3v) is 4.46. The Morgan fingerprint density at radius 2 is 2.00 bits per heavy atom. The van der Waals surface area contributed by atoms with Crippen LogP contribution in [0.4, 0.5) is 5.69 Å². The lowest BCUT2D eigenvalue weighted by Gasteiger charge is -2.14. The fraction of sp³-hybridized carbons (Fsp3) is 0.368. The molecule has 0 saturated carbocycles. The number of benzene rings is 1. The van der Waals surface area contributed by atoms with Crippen molar-refractivity contribution in [2.75, 3.05) is 11.9 Å². The zero-order valence-corrected chi connectivity index (χ0v) is 17.0. The second kappa shape index (κ2) is 7.63. The molecular formula is C19H23ClN6O2. The zero-order valence-electron chi connectivity index (χ0n) is 16.3. The molecule has 0 aliphatic heterocycles. The van der Waals surface area contributed by atoms with Crippen LogP contribution in [-0.2, 0) is 15.0 Å². The van der Waals surface area contributed by atoms with Gasteiger partial charge in [-0.2, -0.15) is 5.10 Å². The highest BCUT2D eigenvalue weighted by molar-refractivity contribution is 6.34. The van der Waals surface area contributed by atoms with E-state index in [1.54, 1.807) is 6.07 Å². The fourth-order valence-electron chi connectivity index (χ4n) is 2.73. The third-order valence-electron chi connectivity index (χ3n) is 4.10. The van der Waals surface area contributed by atoms with Crippen LogP contribution in [-0.4, -0.2) is 38.2 Å². The molecule has 9 heteroatoms. The number of H-pyrrole nitrogens is 1. The molecule has 0 unspecified atom stereocenters. The number of hydrogen-bond acceptors (Lipinski definition) is 4. The van der Waals surface area contributed by atoms with Crippen molar-refractivity contribution in [3.05, 3.63) is 35.0 Å². The van der Waals surface area contributed by atoms with Gasteiger partial charge in [-0.1, -0.05) is 44.5 Å². The molecule has 0 aliphatic rings. The molecule has 0 spiro atoms. The molecule has 8 nitrogen and oxygen atoms in total. The predicted molar refractivity (Wildman–Crippen MR) is 108 cm³/mol. The summed E-state index contributed by atoms with van der Waals surface area (Å²) < 4.78 is 1.50. The van der Waals surface area contributed by atoms with Crippen LogP contribution in [0.3, 0.4) is 0 Å². The molecule has 28 heavy (non-hydrogen) atoms. The average molecular weight is 403 g/mol. The highest BCUT2D eigenvalue weighted by Crippen LogP contribution is 2.32. The standard InChI is InChI=1S/C19H23ClN6O2/c1-11(27)21-9-8-14(28)22-13-7-5-6-12(10-13)17-23-18-15(20)16(19(2,3)4)24-26(18)25-17/h5-7,10H,8-9H2,1-4H3,(H,21,27)(H,22,28)(H,23,25). The summed E-state index contributed by atoms with van der Waals surface area (Å²) in [6.45, 7) is 7.84. The Bertz CT molecular complexity index is 1030. The van der Waals surface area contributed by atoms with Gasteiger partial charge in [-0.25, -0.2) is 0 Å². The van der Waals surface area contributed by atoms with Gasteiger partial charge in [0.2, 0.25) is 11.8 Å². The van der Waals surface area contributed by atoms with Crippen LogP contribution in [0.5, 0.6) is 0 Å². The second-order valence-corrected chi connectivity index (χ2v) is 7.96. The van der Waals surface area contributed by atoms with E-state index in [-0.39, 0.29) is 23.7 Å². The minimum absolute atomic E-state index is 0.161. The van der Waals surface area contributed by atoms with E-state index in [9.17, 15) is 9.59 Å².